The van der Waals surface area contributed by atoms with E-state index in [2.05, 4.69) is 37.2 Å². The van der Waals surface area contributed by atoms with Crippen LogP contribution in [0.1, 0.15) is 29.2 Å². The van der Waals surface area contributed by atoms with Crippen molar-refractivity contribution in [1.82, 2.24) is 4.31 Å². The topological polar surface area (TPSA) is 66.5 Å². The average Bonchev–Trinajstić information content (AvgIpc) is 2.77. The number of nitrogens with one attached hydrogen (secondary N) is 1. The molecule has 1 amide bonds. The number of carbonyl (C=O) groups is 1. The van der Waals surface area contributed by atoms with Crippen molar-refractivity contribution in [3.63, 3.8) is 0 Å². The quantitative estimate of drug-likeness (QED) is 0.306. The van der Waals surface area contributed by atoms with Crippen LogP contribution < -0.4 is 5.32 Å². The molecule has 0 aromatic heterocycles. The Hall–Kier alpha value is -2.37. The standard InChI is InChI=1S/C24H21Br2F3N2O3S/c1-15-3-9-21(10-4-15)35(33,34)31(2)23(32)14-22(30-20-12-18(25)11-19(26)13-20)16-5-7-17(8-6-16)24(27,28)29/h3-13,22,30H,14H2,1-2H3/t22-/m0/s1. The molecule has 0 unspecified atom stereocenters. The molecule has 5 nitrogen and oxygen atoms in total. The van der Waals surface area contributed by atoms with Gasteiger partial charge >= 0.3 is 6.18 Å². The zero-order chi connectivity index (χ0) is 26.0. The molecule has 0 radical (unpaired) electrons. The maximum absolute atomic E-state index is 13.1. The van der Waals surface area contributed by atoms with Crippen LogP contribution in [0.2, 0.25) is 0 Å². The highest BCUT2D eigenvalue weighted by molar-refractivity contribution is 9.11. The fraction of sp³-hybridized carbons (Fsp3) is 0.208. The Kier molecular flexibility index (Phi) is 8.33. The first-order valence-corrected chi connectivity index (χ1v) is 13.3. The van der Waals surface area contributed by atoms with E-state index in [1.807, 2.05) is 6.92 Å². The van der Waals surface area contributed by atoms with Gasteiger partial charge in [0.05, 0.1) is 22.9 Å². The molecule has 1 N–H and O–H groups in total. The van der Waals surface area contributed by atoms with Gasteiger partial charge in [0, 0.05) is 21.7 Å². The molecule has 3 aromatic rings. The van der Waals surface area contributed by atoms with Crippen LogP contribution in [0.3, 0.4) is 0 Å². The molecule has 0 fully saturated rings. The number of sulfonamides is 1. The lowest BCUT2D eigenvalue weighted by Gasteiger charge is -2.24. The second-order valence-electron chi connectivity index (χ2n) is 7.86. The predicted octanol–water partition coefficient (Wildman–Crippen LogP) is 6.93. The fourth-order valence-electron chi connectivity index (χ4n) is 3.30. The Labute approximate surface area is 218 Å². The molecule has 0 heterocycles. The number of hydrogen-bond acceptors (Lipinski definition) is 4. The summed E-state index contributed by atoms with van der Waals surface area (Å²) in [4.78, 5) is 13.0. The van der Waals surface area contributed by atoms with E-state index in [9.17, 15) is 26.4 Å². The first-order chi connectivity index (χ1) is 16.3. The molecule has 11 heteroatoms. The van der Waals surface area contributed by atoms with Crippen LogP contribution in [0, 0.1) is 6.92 Å². The first-order valence-electron chi connectivity index (χ1n) is 10.3. The predicted molar refractivity (Wildman–Crippen MR) is 135 cm³/mol. The van der Waals surface area contributed by atoms with Crippen molar-refractivity contribution in [3.05, 3.63) is 92.4 Å². The lowest BCUT2D eigenvalue weighted by atomic mass is 10.0. The van der Waals surface area contributed by atoms with Crippen molar-refractivity contribution in [3.8, 4) is 0 Å². The van der Waals surface area contributed by atoms with Gasteiger partial charge in [-0.05, 0) is 55.0 Å². The summed E-state index contributed by atoms with van der Waals surface area (Å²) >= 11 is 6.74. The molecule has 0 spiro atoms. The van der Waals surface area contributed by atoms with Crippen LogP contribution in [-0.4, -0.2) is 25.7 Å². The van der Waals surface area contributed by atoms with E-state index in [1.165, 1.54) is 24.3 Å². The van der Waals surface area contributed by atoms with E-state index in [0.29, 0.717) is 15.6 Å². The second-order valence-corrected chi connectivity index (χ2v) is 11.7. The lowest BCUT2D eigenvalue weighted by molar-refractivity contribution is -0.137. The highest BCUT2D eigenvalue weighted by Gasteiger charge is 2.31. The van der Waals surface area contributed by atoms with E-state index in [4.69, 9.17) is 0 Å². The van der Waals surface area contributed by atoms with Gasteiger partial charge in [0.1, 0.15) is 0 Å². The molecule has 0 saturated carbocycles. The minimum atomic E-state index is -4.51. The summed E-state index contributed by atoms with van der Waals surface area (Å²) in [5, 5.41) is 3.14. The lowest BCUT2D eigenvalue weighted by Crippen LogP contribution is -2.35. The van der Waals surface area contributed by atoms with Gasteiger partial charge in [0.25, 0.3) is 10.0 Å². The van der Waals surface area contributed by atoms with E-state index < -0.39 is 33.7 Å². The van der Waals surface area contributed by atoms with E-state index in [-0.39, 0.29) is 11.3 Å². The Bertz CT molecular complexity index is 1290. The number of hydrogen-bond donors (Lipinski definition) is 1. The molecular weight excluding hydrogens is 613 g/mol. The Balaban J connectivity index is 1.92. The molecule has 35 heavy (non-hydrogen) atoms. The third kappa shape index (κ3) is 6.86. The maximum atomic E-state index is 13.1. The number of alkyl halides is 3. The first kappa shape index (κ1) is 27.2. The molecule has 186 valence electrons. The summed E-state index contributed by atoms with van der Waals surface area (Å²) in [5.74, 6) is -0.725. The van der Waals surface area contributed by atoms with E-state index in [1.54, 1.807) is 30.3 Å². The number of aryl methyl sites for hydroxylation is 1. The van der Waals surface area contributed by atoms with Crippen molar-refractivity contribution in [2.75, 3.05) is 12.4 Å². The molecule has 3 rings (SSSR count). The third-order valence-corrected chi connectivity index (χ3v) is 7.96. The van der Waals surface area contributed by atoms with E-state index in [0.717, 1.165) is 33.7 Å². The number of carbonyl (C=O) groups excluding carboxylic acids is 1. The number of nitrogens with zero attached hydrogens (tertiary/aromatic N) is 1. The van der Waals surface area contributed by atoms with Crippen LogP contribution >= 0.6 is 31.9 Å². The van der Waals surface area contributed by atoms with Crippen LogP contribution in [0.4, 0.5) is 18.9 Å². The second kappa shape index (κ2) is 10.7. The third-order valence-electron chi connectivity index (χ3n) is 5.25. The monoisotopic (exact) mass is 632 g/mol. The van der Waals surface area contributed by atoms with Crippen molar-refractivity contribution in [2.45, 2.75) is 30.5 Å². The van der Waals surface area contributed by atoms with Gasteiger partial charge in [0.2, 0.25) is 5.91 Å². The molecule has 0 saturated heterocycles. The Morgan fingerprint density at radius 2 is 1.51 bits per heavy atom. The van der Waals surface area contributed by atoms with Crippen LogP contribution in [0.5, 0.6) is 0 Å². The Morgan fingerprint density at radius 3 is 2.03 bits per heavy atom. The molecule has 3 aromatic carbocycles. The highest BCUT2D eigenvalue weighted by Crippen LogP contribution is 2.33. The minimum absolute atomic E-state index is 0.0334. The van der Waals surface area contributed by atoms with Crippen molar-refractivity contribution >= 4 is 53.5 Å². The van der Waals surface area contributed by atoms with Gasteiger partial charge in [0.15, 0.2) is 0 Å². The normalized spacial score (nSPS) is 12.8. The fourth-order valence-corrected chi connectivity index (χ4v) is 5.73. The van der Waals surface area contributed by atoms with Gasteiger partial charge in [-0.1, -0.05) is 61.7 Å². The van der Waals surface area contributed by atoms with Gasteiger partial charge in [-0.25, -0.2) is 12.7 Å². The molecule has 0 aliphatic carbocycles. The van der Waals surface area contributed by atoms with Gasteiger partial charge < -0.3 is 5.32 Å². The number of rotatable bonds is 7. The van der Waals surface area contributed by atoms with E-state index >= 15 is 0 Å². The summed E-state index contributed by atoms with van der Waals surface area (Å²) in [7, 11) is -2.94. The average molecular weight is 634 g/mol. The zero-order valence-corrected chi connectivity index (χ0v) is 22.6. The largest absolute Gasteiger partial charge is 0.416 e. The van der Waals surface area contributed by atoms with Crippen LogP contribution in [-0.2, 0) is 21.0 Å². The van der Waals surface area contributed by atoms with Gasteiger partial charge in [-0.15, -0.1) is 0 Å². The van der Waals surface area contributed by atoms with Crippen molar-refractivity contribution in [2.24, 2.45) is 0 Å². The summed E-state index contributed by atoms with van der Waals surface area (Å²) in [6, 6.07) is 15.0. The summed E-state index contributed by atoms with van der Waals surface area (Å²) in [6.07, 6.45) is -4.83. The highest BCUT2D eigenvalue weighted by atomic mass is 79.9. The zero-order valence-electron chi connectivity index (χ0n) is 18.6. The molecule has 0 aliphatic heterocycles. The smallest absolute Gasteiger partial charge is 0.378 e. The SMILES string of the molecule is Cc1ccc(S(=O)(=O)N(C)C(=O)C[C@H](Nc2cc(Br)cc(Br)c2)c2ccc(C(F)(F)F)cc2)cc1. The van der Waals surface area contributed by atoms with Crippen LogP contribution in [0.25, 0.3) is 0 Å². The number of anilines is 1. The number of benzene rings is 3. The number of amides is 1. The van der Waals surface area contributed by atoms with Gasteiger partial charge in [-0.2, -0.15) is 13.2 Å². The summed E-state index contributed by atoms with van der Waals surface area (Å²) in [5.41, 5.74) is 1.01. The molecule has 0 bridgehead atoms. The minimum Gasteiger partial charge on any atom is -0.378 e. The van der Waals surface area contributed by atoms with Gasteiger partial charge in [-0.3, -0.25) is 4.79 Å². The molecule has 0 aliphatic rings. The maximum Gasteiger partial charge on any atom is 0.416 e. The van der Waals surface area contributed by atoms with Crippen molar-refractivity contribution in [1.29, 1.82) is 0 Å². The van der Waals surface area contributed by atoms with Crippen LogP contribution in [0.15, 0.2) is 80.6 Å². The summed E-state index contributed by atoms with van der Waals surface area (Å²) in [6.45, 7) is 1.81. The summed E-state index contributed by atoms with van der Waals surface area (Å²) < 4.78 is 67.1. The molecule has 1 atom stereocenters. The molecular formula is C24H21Br2F3N2O3S. The Morgan fingerprint density at radius 1 is 0.971 bits per heavy atom. The number of halogens is 5. The van der Waals surface area contributed by atoms with Crippen molar-refractivity contribution < 1.29 is 26.4 Å².